The SMILES string of the molecule is CC(=O)NC1=C([C@@H](NC(C)=O)[C@@H](C)O)O[C@](O)(C(=O)O)C=C1O. The van der Waals surface area contributed by atoms with Gasteiger partial charge in [0.15, 0.2) is 5.76 Å². The Bertz CT molecular complexity index is 595. The maximum absolute atomic E-state index is 11.3. The third kappa shape index (κ3) is 4.20. The Hall–Kier alpha value is -2.59. The number of hydrogen-bond acceptors (Lipinski definition) is 7. The van der Waals surface area contributed by atoms with Crippen molar-refractivity contribution in [2.24, 2.45) is 0 Å². The summed E-state index contributed by atoms with van der Waals surface area (Å²) in [6, 6.07) is -1.32. The highest BCUT2D eigenvalue weighted by Crippen LogP contribution is 2.30. The van der Waals surface area contributed by atoms with Crippen LogP contribution in [0.3, 0.4) is 0 Å². The second-order valence-corrected chi connectivity index (χ2v) is 4.97. The number of hydrogen-bond donors (Lipinski definition) is 6. The van der Waals surface area contributed by atoms with E-state index in [-0.39, 0.29) is 5.70 Å². The Kier molecular flexibility index (Phi) is 5.35. The van der Waals surface area contributed by atoms with E-state index >= 15 is 0 Å². The highest BCUT2D eigenvalue weighted by atomic mass is 16.7. The van der Waals surface area contributed by atoms with E-state index in [0.717, 1.165) is 13.8 Å². The van der Waals surface area contributed by atoms with Gasteiger partial charge in [-0.05, 0) is 6.92 Å². The zero-order valence-electron chi connectivity index (χ0n) is 12.7. The van der Waals surface area contributed by atoms with Crippen LogP contribution in [0.1, 0.15) is 20.8 Å². The largest absolute Gasteiger partial charge is 0.506 e. The average molecular weight is 330 g/mol. The molecule has 128 valence electrons. The van der Waals surface area contributed by atoms with Crippen LogP contribution in [0.15, 0.2) is 23.3 Å². The number of nitrogens with one attached hydrogen (secondary N) is 2. The Morgan fingerprint density at radius 3 is 2.22 bits per heavy atom. The number of carbonyl (C=O) groups is 3. The first-order valence-electron chi connectivity index (χ1n) is 6.52. The van der Waals surface area contributed by atoms with Crippen LogP contribution in [0.25, 0.3) is 0 Å². The molecule has 0 aromatic carbocycles. The number of carboxylic acid groups (broad SMARTS) is 1. The molecule has 6 N–H and O–H groups in total. The fraction of sp³-hybridized carbons (Fsp3) is 0.462. The first-order valence-corrected chi connectivity index (χ1v) is 6.52. The molecule has 10 nitrogen and oxygen atoms in total. The van der Waals surface area contributed by atoms with Crippen LogP contribution in [0.4, 0.5) is 0 Å². The maximum atomic E-state index is 11.3. The first kappa shape index (κ1) is 18.5. The summed E-state index contributed by atoms with van der Waals surface area (Å²) in [4.78, 5) is 33.6. The Labute approximate surface area is 131 Å². The summed E-state index contributed by atoms with van der Waals surface area (Å²) in [5.41, 5.74) is -0.372. The van der Waals surface area contributed by atoms with Gasteiger partial charge in [0.05, 0.1) is 6.10 Å². The lowest BCUT2D eigenvalue weighted by molar-refractivity contribution is -0.197. The molecule has 0 aromatic rings. The monoisotopic (exact) mass is 330 g/mol. The fourth-order valence-corrected chi connectivity index (χ4v) is 1.88. The van der Waals surface area contributed by atoms with Crippen LogP contribution < -0.4 is 10.6 Å². The molecule has 1 heterocycles. The summed E-state index contributed by atoms with van der Waals surface area (Å²) < 4.78 is 4.95. The van der Waals surface area contributed by atoms with Crippen molar-refractivity contribution < 1.29 is 39.5 Å². The molecule has 0 aromatic heterocycles. The van der Waals surface area contributed by atoms with Crippen molar-refractivity contribution >= 4 is 17.8 Å². The van der Waals surface area contributed by atoms with E-state index in [1.165, 1.54) is 6.92 Å². The lowest BCUT2D eigenvalue weighted by Crippen LogP contribution is -2.51. The number of carboxylic acids is 1. The molecule has 0 aliphatic carbocycles. The predicted molar refractivity (Wildman–Crippen MR) is 74.5 cm³/mol. The topological polar surface area (TPSA) is 165 Å². The second kappa shape index (κ2) is 6.67. The van der Waals surface area contributed by atoms with E-state index in [2.05, 4.69) is 10.6 Å². The molecular weight excluding hydrogens is 312 g/mol. The summed E-state index contributed by atoms with van der Waals surface area (Å²) in [6.45, 7) is 3.51. The molecule has 0 spiro atoms. The molecular formula is C13H18N2O8. The molecule has 0 saturated heterocycles. The Morgan fingerprint density at radius 1 is 1.26 bits per heavy atom. The van der Waals surface area contributed by atoms with Gasteiger partial charge < -0.3 is 35.8 Å². The number of rotatable bonds is 5. The summed E-state index contributed by atoms with van der Waals surface area (Å²) >= 11 is 0. The van der Waals surface area contributed by atoms with Crippen LogP contribution in [-0.2, 0) is 19.1 Å². The smallest absolute Gasteiger partial charge is 0.381 e. The third-order valence-corrected chi connectivity index (χ3v) is 2.83. The van der Waals surface area contributed by atoms with Gasteiger partial charge in [0.2, 0.25) is 11.8 Å². The van der Waals surface area contributed by atoms with Crippen molar-refractivity contribution in [2.75, 3.05) is 0 Å². The molecule has 1 rings (SSSR count). The van der Waals surface area contributed by atoms with E-state index in [1.54, 1.807) is 0 Å². The van der Waals surface area contributed by atoms with Gasteiger partial charge in [0, 0.05) is 19.9 Å². The zero-order valence-corrected chi connectivity index (χ0v) is 12.7. The van der Waals surface area contributed by atoms with Crippen molar-refractivity contribution in [2.45, 2.75) is 38.7 Å². The molecule has 10 heteroatoms. The quantitative estimate of drug-likeness (QED) is 0.353. The van der Waals surface area contributed by atoms with Crippen LogP contribution >= 0.6 is 0 Å². The van der Waals surface area contributed by atoms with Gasteiger partial charge in [-0.2, -0.15) is 0 Å². The summed E-state index contributed by atoms with van der Waals surface area (Å²) in [7, 11) is 0. The number of ether oxygens (including phenoxy) is 1. The minimum Gasteiger partial charge on any atom is -0.506 e. The molecule has 0 unspecified atom stereocenters. The molecule has 0 fully saturated rings. The van der Waals surface area contributed by atoms with E-state index in [9.17, 15) is 29.7 Å². The molecule has 0 bridgehead atoms. The first-order chi connectivity index (χ1) is 10.5. The maximum Gasteiger partial charge on any atom is 0.381 e. The van der Waals surface area contributed by atoms with Gasteiger partial charge in [-0.25, -0.2) is 4.79 Å². The lowest BCUT2D eigenvalue weighted by atomic mass is 10.0. The van der Waals surface area contributed by atoms with Gasteiger partial charge in [-0.3, -0.25) is 9.59 Å². The fourth-order valence-electron chi connectivity index (χ4n) is 1.88. The molecule has 0 saturated carbocycles. The van der Waals surface area contributed by atoms with Crippen molar-refractivity contribution in [1.29, 1.82) is 0 Å². The molecule has 0 radical (unpaired) electrons. The van der Waals surface area contributed by atoms with E-state index in [0.29, 0.717) is 6.08 Å². The number of amides is 2. The zero-order chi connectivity index (χ0) is 17.9. The van der Waals surface area contributed by atoms with Gasteiger partial charge >= 0.3 is 11.8 Å². The van der Waals surface area contributed by atoms with E-state index < -0.39 is 47.2 Å². The number of aliphatic hydroxyl groups is 3. The third-order valence-electron chi connectivity index (χ3n) is 2.83. The van der Waals surface area contributed by atoms with Crippen molar-refractivity contribution in [1.82, 2.24) is 10.6 Å². The number of carbonyl (C=O) groups excluding carboxylic acids is 2. The molecule has 1 aliphatic rings. The van der Waals surface area contributed by atoms with Crippen molar-refractivity contribution in [3.05, 3.63) is 23.3 Å². The summed E-state index contributed by atoms with van der Waals surface area (Å²) in [5.74, 6) is -7.28. The van der Waals surface area contributed by atoms with Gasteiger partial charge in [0.1, 0.15) is 17.5 Å². The number of aliphatic hydroxyl groups excluding tert-OH is 2. The van der Waals surface area contributed by atoms with Crippen LogP contribution in [0, 0.1) is 0 Å². The van der Waals surface area contributed by atoms with Crippen LogP contribution in [0.5, 0.6) is 0 Å². The highest BCUT2D eigenvalue weighted by Gasteiger charge is 2.45. The molecule has 3 atom stereocenters. The predicted octanol–water partition coefficient (Wildman–Crippen LogP) is -1.54. The molecule has 23 heavy (non-hydrogen) atoms. The Morgan fingerprint density at radius 2 is 1.83 bits per heavy atom. The van der Waals surface area contributed by atoms with Gasteiger partial charge in [0.25, 0.3) is 0 Å². The summed E-state index contributed by atoms with van der Waals surface area (Å²) in [5, 5.41) is 43.1. The normalized spacial score (nSPS) is 23.3. The van der Waals surface area contributed by atoms with Gasteiger partial charge in [-0.15, -0.1) is 0 Å². The average Bonchev–Trinajstić information content (AvgIpc) is 2.38. The second-order valence-electron chi connectivity index (χ2n) is 4.97. The van der Waals surface area contributed by atoms with E-state index in [1.807, 2.05) is 0 Å². The summed E-state index contributed by atoms with van der Waals surface area (Å²) in [6.07, 6.45) is -0.821. The minimum absolute atomic E-state index is 0.372. The van der Waals surface area contributed by atoms with Crippen LogP contribution in [0.2, 0.25) is 0 Å². The van der Waals surface area contributed by atoms with E-state index in [4.69, 9.17) is 9.84 Å². The Balaban J connectivity index is 3.46. The lowest BCUT2D eigenvalue weighted by Gasteiger charge is -2.34. The highest BCUT2D eigenvalue weighted by molar-refractivity contribution is 5.80. The van der Waals surface area contributed by atoms with Crippen molar-refractivity contribution in [3.63, 3.8) is 0 Å². The van der Waals surface area contributed by atoms with Crippen molar-refractivity contribution in [3.8, 4) is 0 Å². The molecule has 1 aliphatic heterocycles. The van der Waals surface area contributed by atoms with Gasteiger partial charge in [-0.1, -0.05) is 0 Å². The minimum atomic E-state index is -2.92. The van der Waals surface area contributed by atoms with Crippen LogP contribution in [-0.4, -0.2) is 56.1 Å². The number of aliphatic carboxylic acids is 1. The molecule has 2 amide bonds. The standard InChI is InChI=1S/C13H18N2O8/c1-5(16)9(14-6(2)17)11-10(15-7(3)18)8(19)4-13(22,23-11)12(20)21/h4-5,9,16,19,22H,1-3H3,(H,14,17)(H,15,18)(H,20,21)/t5-,9+,13+/m1/s1.